The van der Waals surface area contributed by atoms with E-state index in [9.17, 15) is 13.2 Å². The topological polar surface area (TPSA) is 125 Å². The lowest BCUT2D eigenvalue weighted by molar-refractivity contribution is 0.100. The van der Waals surface area contributed by atoms with E-state index in [1.807, 2.05) is 0 Å². The number of nitrogens with zero attached hydrogens (tertiary/aromatic N) is 1. The first-order chi connectivity index (χ1) is 11.6. The summed E-state index contributed by atoms with van der Waals surface area (Å²) in [5.41, 5.74) is 11.1. The van der Waals surface area contributed by atoms with Crippen LogP contribution in [0, 0.1) is 6.92 Å². The van der Waals surface area contributed by atoms with Crippen molar-refractivity contribution in [3.63, 3.8) is 0 Å². The second-order valence-electron chi connectivity index (χ2n) is 5.29. The van der Waals surface area contributed by atoms with Gasteiger partial charge >= 0.3 is 0 Å². The molecule has 0 spiro atoms. The number of carbonyl (C=O) groups excluding carboxylic acids is 1. The van der Waals surface area contributed by atoms with Gasteiger partial charge in [-0.1, -0.05) is 11.6 Å². The van der Waals surface area contributed by atoms with Gasteiger partial charge in [0.2, 0.25) is 0 Å². The molecule has 1 amide bonds. The number of aliphatic imine (C=N–C) groups is 1. The van der Waals surface area contributed by atoms with E-state index in [4.69, 9.17) is 27.8 Å². The molecule has 7 nitrogen and oxygen atoms in total. The second kappa shape index (κ2) is 8.39. The van der Waals surface area contributed by atoms with Gasteiger partial charge < -0.3 is 16.2 Å². The number of hydrogen-bond donors (Lipinski definition) is 2. The van der Waals surface area contributed by atoms with Crippen molar-refractivity contribution in [2.24, 2.45) is 16.5 Å². The standard InChI is InChI=1S/C16H16ClN3O4S.ClH/c1-9-7-11(4-5-12(9)17)24-13-6-3-10(15(21)20-16(18)19)8-14(13)25(2,22)23;/h3-8H,1-2H3,(H4,18,19,20,21);1H. The Morgan fingerprint density at radius 3 is 2.35 bits per heavy atom. The Bertz CT molecular complexity index is 971. The molecule has 0 heterocycles. The molecule has 10 heteroatoms. The molecule has 4 N–H and O–H groups in total. The third-order valence-corrected chi connectivity index (χ3v) is 4.72. The van der Waals surface area contributed by atoms with E-state index >= 15 is 0 Å². The van der Waals surface area contributed by atoms with Crippen LogP contribution in [0.25, 0.3) is 0 Å². The van der Waals surface area contributed by atoms with Crippen LogP contribution in [0.5, 0.6) is 11.5 Å². The van der Waals surface area contributed by atoms with Crippen molar-refractivity contribution < 1.29 is 17.9 Å². The molecule has 140 valence electrons. The molecule has 26 heavy (non-hydrogen) atoms. The fourth-order valence-corrected chi connectivity index (χ4v) is 2.94. The number of nitrogens with two attached hydrogens (primary N) is 2. The van der Waals surface area contributed by atoms with Gasteiger partial charge in [0, 0.05) is 16.8 Å². The van der Waals surface area contributed by atoms with Crippen LogP contribution in [0.3, 0.4) is 0 Å². The summed E-state index contributed by atoms with van der Waals surface area (Å²) in [7, 11) is -3.67. The Morgan fingerprint density at radius 1 is 1.15 bits per heavy atom. The van der Waals surface area contributed by atoms with E-state index in [1.165, 1.54) is 18.2 Å². The van der Waals surface area contributed by atoms with Crippen LogP contribution >= 0.6 is 24.0 Å². The number of rotatable bonds is 4. The van der Waals surface area contributed by atoms with Crippen LogP contribution in [0.15, 0.2) is 46.3 Å². The van der Waals surface area contributed by atoms with E-state index in [2.05, 4.69) is 4.99 Å². The summed E-state index contributed by atoms with van der Waals surface area (Å²) in [5.74, 6) is -0.678. The smallest absolute Gasteiger partial charge is 0.280 e. The third-order valence-electron chi connectivity index (χ3n) is 3.18. The Labute approximate surface area is 162 Å². The van der Waals surface area contributed by atoms with Gasteiger partial charge in [-0.25, -0.2) is 8.42 Å². The zero-order valence-corrected chi connectivity index (χ0v) is 16.3. The van der Waals surface area contributed by atoms with E-state index in [-0.39, 0.29) is 28.6 Å². The van der Waals surface area contributed by atoms with Crippen LogP contribution < -0.4 is 16.2 Å². The molecule has 2 aromatic rings. The Kier molecular flexibility index (Phi) is 7.02. The highest BCUT2D eigenvalue weighted by Crippen LogP contribution is 2.31. The summed E-state index contributed by atoms with van der Waals surface area (Å²) in [6.07, 6.45) is 1.01. The molecule has 0 fully saturated rings. The number of guanidine groups is 1. The van der Waals surface area contributed by atoms with Crippen LogP contribution in [-0.4, -0.2) is 26.5 Å². The van der Waals surface area contributed by atoms with Gasteiger partial charge in [-0.3, -0.25) is 4.79 Å². The number of benzene rings is 2. The van der Waals surface area contributed by atoms with Gasteiger partial charge in [-0.15, -0.1) is 12.4 Å². The molecule has 0 aromatic heterocycles. The molecule has 2 aromatic carbocycles. The number of halogens is 2. The van der Waals surface area contributed by atoms with Gasteiger partial charge in [0.15, 0.2) is 15.8 Å². The number of sulfone groups is 1. The molecule has 0 bridgehead atoms. The van der Waals surface area contributed by atoms with E-state index in [1.54, 1.807) is 25.1 Å². The molecule has 0 aliphatic heterocycles. The van der Waals surface area contributed by atoms with Crippen LogP contribution in [-0.2, 0) is 9.84 Å². The Hall–Kier alpha value is -2.29. The lowest BCUT2D eigenvalue weighted by Gasteiger charge is -2.12. The van der Waals surface area contributed by atoms with Crippen LogP contribution in [0.2, 0.25) is 5.02 Å². The summed E-state index contributed by atoms with van der Waals surface area (Å²) < 4.78 is 29.8. The maximum absolute atomic E-state index is 12.1. The predicted molar refractivity (Wildman–Crippen MR) is 103 cm³/mol. The number of ether oxygens (including phenoxy) is 1. The van der Waals surface area contributed by atoms with E-state index in [0.29, 0.717) is 10.8 Å². The summed E-state index contributed by atoms with van der Waals surface area (Å²) >= 11 is 5.96. The molecule has 0 aliphatic carbocycles. The van der Waals surface area contributed by atoms with E-state index in [0.717, 1.165) is 11.8 Å². The summed E-state index contributed by atoms with van der Waals surface area (Å²) in [6, 6.07) is 8.84. The predicted octanol–water partition coefficient (Wildman–Crippen LogP) is 2.68. The normalized spacial score (nSPS) is 10.6. The molecular formula is C16H17Cl2N3O4S. The quantitative estimate of drug-likeness (QED) is 0.581. The summed E-state index contributed by atoms with van der Waals surface area (Å²) in [6.45, 7) is 1.80. The SMILES string of the molecule is Cc1cc(Oc2ccc(C(=O)N=C(N)N)cc2S(C)(=O)=O)ccc1Cl.Cl. The van der Waals surface area contributed by atoms with Crippen LogP contribution in [0.4, 0.5) is 0 Å². The first kappa shape index (κ1) is 21.8. The average Bonchev–Trinajstić information content (AvgIpc) is 2.49. The average molecular weight is 418 g/mol. The number of amides is 1. The molecule has 0 atom stereocenters. The Morgan fingerprint density at radius 2 is 1.81 bits per heavy atom. The molecule has 0 saturated carbocycles. The number of aryl methyl sites for hydroxylation is 1. The highest BCUT2D eigenvalue weighted by Gasteiger charge is 2.19. The van der Waals surface area contributed by atoms with Gasteiger partial charge in [-0.2, -0.15) is 4.99 Å². The van der Waals surface area contributed by atoms with Crippen molar-refractivity contribution in [1.82, 2.24) is 0 Å². The van der Waals surface area contributed by atoms with Crippen molar-refractivity contribution in [3.8, 4) is 11.5 Å². The molecule has 0 saturated heterocycles. The minimum absolute atomic E-state index is 0. The first-order valence-corrected chi connectivity index (χ1v) is 9.27. The molecule has 0 radical (unpaired) electrons. The highest BCUT2D eigenvalue weighted by atomic mass is 35.5. The first-order valence-electron chi connectivity index (χ1n) is 7.00. The minimum atomic E-state index is -3.67. The Balaban J connectivity index is 0.00000338. The van der Waals surface area contributed by atoms with Crippen molar-refractivity contribution in [2.75, 3.05) is 6.26 Å². The minimum Gasteiger partial charge on any atom is -0.456 e. The summed E-state index contributed by atoms with van der Waals surface area (Å²) in [5, 5.41) is 0.564. The molecule has 2 rings (SSSR count). The highest BCUT2D eigenvalue weighted by molar-refractivity contribution is 7.90. The van der Waals surface area contributed by atoms with Gasteiger partial charge in [-0.05, 0) is 48.9 Å². The fourth-order valence-electron chi connectivity index (χ4n) is 2.00. The van der Waals surface area contributed by atoms with Gasteiger partial charge in [0.25, 0.3) is 5.91 Å². The summed E-state index contributed by atoms with van der Waals surface area (Å²) in [4.78, 5) is 15.1. The van der Waals surface area contributed by atoms with Crippen molar-refractivity contribution >= 4 is 45.7 Å². The molecule has 0 aliphatic rings. The maximum atomic E-state index is 12.1. The number of carbonyl (C=O) groups is 1. The second-order valence-corrected chi connectivity index (χ2v) is 7.68. The molecule has 0 unspecified atom stereocenters. The van der Waals surface area contributed by atoms with E-state index < -0.39 is 21.7 Å². The third kappa shape index (κ3) is 5.35. The number of hydrogen-bond acceptors (Lipinski definition) is 4. The van der Waals surface area contributed by atoms with Gasteiger partial charge in [0.1, 0.15) is 16.4 Å². The van der Waals surface area contributed by atoms with Crippen molar-refractivity contribution in [2.45, 2.75) is 11.8 Å². The fraction of sp³-hybridized carbons (Fsp3) is 0.125. The van der Waals surface area contributed by atoms with Crippen molar-refractivity contribution in [1.29, 1.82) is 0 Å². The maximum Gasteiger partial charge on any atom is 0.280 e. The zero-order valence-electron chi connectivity index (χ0n) is 13.9. The molecular weight excluding hydrogens is 401 g/mol. The van der Waals surface area contributed by atoms with Gasteiger partial charge in [0.05, 0.1) is 0 Å². The monoisotopic (exact) mass is 417 g/mol. The zero-order chi connectivity index (χ0) is 18.8. The lowest BCUT2D eigenvalue weighted by Crippen LogP contribution is -2.24. The van der Waals surface area contributed by atoms with Crippen molar-refractivity contribution in [3.05, 3.63) is 52.5 Å². The van der Waals surface area contributed by atoms with Crippen LogP contribution in [0.1, 0.15) is 15.9 Å². The lowest BCUT2D eigenvalue weighted by atomic mass is 10.2. The largest absolute Gasteiger partial charge is 0.456 e.